The number of nitrogens with one attached hydrogen (secondary N) is 3. The minimum atomic E-state index is -0.599. The van der Waals surface area contributed by atoms with E-state index in [2.05, 4.69) is 53.5 Å². The number of amides is 1. The number of anilines is 5. The molecular weight excluding hydrogens is 544 g/mol. The molecule has 0 aliphatic rings. The van der Waals surface area contributed by atoms with E-state index >= 15 is 0 Å². The molecule has 0 spiro atoms. The van der Waals surface area contributed by atoms with Crippen LogP contribution >= 0.6 is 27.5 Å². The van der Waals surface area contributed by atoms with Gasteiger partial charge in [-0.2, -0.15) is 10.1 Å². The van der Waals surface area contributed by atoms with Crippen molar-refractivity contribution in [1.82, 2.24) is 19.7 Å². The SMILES string of the molecule is C=CC(=O)Nc1ccc(F)c(Nc2nc(Nc3cn(C)nc3Cl)ncc2-c2ccc(Br)c(F)c2)c1. The Hall–Kier alpha value is -3.83. The smallest absolute Gasteiger partial charge is 0.247 e. The molecule has 2 aromatic heterocycles. The summed E-state index contributed by atoms with van der Waals surface area (Å²) in [5.41, 5.74) is 1.68. The Balaban J connectivity index is 1.76. The highest BCUT2D eigenvalue weighted by molar-refractivity contribution is 9.10. The van der Waals surface area contributed by atoms with Crippen LogP contribution in [0.15, 0.2) is 65.9 Å². The first kappa shape index (κ1) is 24.3. The molecule has 0 fully saturated rings. The number of aromatic nitrogens is 4. The van der Waals surface area contributed by atoms with Crippen LogP contribution in [0.25, 0.3) is 11.1 Å². The Bertz CT molecular complexity index is 1440. The van der Waals surface area contributed by atoms with Gasteiger partial charge in [0.05, 0.1) is 15.8 Å². The molecule has 8 nitrogen and oxygen atoms in total. The average molecular weight is 561 g/mol. The zero-order valence-corrected chi connectivity index (χ0v) is 20.5. The summed E-state index contributed by atoms with van der Waals surface area (Å²) in [5.74, 6) is -1.22. The molecule has 0 radical (unpaired) electrons. The van der Waals surface area contributed by atoms with Crippen LogP contribution < -0.4 is 16.0 Å². The Morgan fingerprint density at radius 3 is 2.63 bits per heavy atom. The molecule has 0 aliphatic carbocycles. The van der Waals surface area contributed by atoms with Crippen LogP contribution in [0.3, 0.4) is 0 Å². The fraction of sp³-hybridized carbons (Fsp3) is 0.0435. The van der Waals surface area contributed by atoms with Gasteiger partial charge in [0.2, 0.25) is 11.9 Å². The molecule has 35 heavy (non-hydrogen) atoms. The number of aryl methyl sites for hydroxylation is 1. The third kappa shape index (κ3) is 5.64. The first-order valence-corrected chi connectivity index (χ1v) is 11.2. The number of nitrogens with zero attached hydrogens (tertiary/aromatic N) is 4. The molecule has 0 bridgehead atoms. The molecule has 4 aromatic rings. The minimum absolute atomic E-state index is 0.0229. The molecule has 178 valence electrons. The molecule has 0 saturated carbocycles. The number of carbonyl (C=O) groups excluding carboxylic acids is 1. The van der Waals surface area contributed by atoms with E-state index < -0.39 is 17.5 Å². The average Bonchev–Trinajstić information content (AvgIpc) is 3.14. The first-order valence-electron chi connectivity index (χ1n) is 10.0. The largest absolute Gasteiger partial charge is 0.337 e. The van der Waals surface area contributed by atoms with Crippen LogP contribution in [0.5, 0.6) is 0 Å². The Morgan fingerprint density at radius 1 is 1.14 bits per heavy atom. The van der Waals surface area contributed by atoms with E-state index in [9.17, 15) is 13.6 Å². The lowest BCUT2D eigenvalue weighted by Gasteiger charge is -2.15. The summed E-state index contributed by atoms with van der Waals surface area (Å²) in [6, 6.07) is 8.51. The lowest BCUT2D eigenvalue weighted by atomic mass is 10.1. The third-order valence-electron chi connectivity index (χ3n) is 4.72. The molecular formula is C23H17BrClF2N7O. The van der Waals surface area contributed by atoms with Crippen LogP contribution in [0, 0.1) is 11.6 Å². The number of carbonyl (C=O) groups is 1. The van der Waals surface area contributed by atoms with Crippen LogP contribution in [-0.4, -0.2) is 25.7 Å². The molecule has 3 N–H and O–H groups in total. The Labute approximate surface area is 212 Å². The summed E-state index contributed by atoms with van der Waals surface area (Å²) in [4.78, 5) is 20.4. The lowest BCUT2D eigenvalue weighted by Crippen LogP contribution is -2.08. The van der Waals surface area contributed by atoms with Gasteiger partial charge < -0.3 is 16.0 Å². The maximum atomic E-state index is 14.7. The summed E-state index contributed by atoms with van der Waals surface area (Å²) in [5, 5.41) is 12.7. The highest BCUT2D eigenvalue weighted by Crippen LogP contribution is 2.33. The predicted octanol–water partition coefficient (Wildman–Crippen LogP) is 6.18. The van der Waals surface area contributed by atoms with Gasteiger partial charge in [-0.3, -0.25) is 9.48 Å². The van der Waals surface area contributed by atoms with E-state index in [4.69, 9.17) is 11.6 Å². The van der Waals surface area contributed by atoms with Crippen LogP contribution in [0.1, 0.15) is 0 Å². The van der Waals surface area contributed by atoms with Gasteiger partial charge in [0.25, 0.3) is 0 Å². The van der Waals surface area contributed by atoms with Gasteiger partial charge in [-0.05, 0) is 57.9 Å². The number of halogens is 4. The maximum Gasteiger partial charge on any atom is 0.247 e. The minimum Gasteiger partial charge on any atom is -0.337 e. The zero-order valence-electron chi connectivity index (χ0n) is 18.1. The topological polar surface area (TPSA) is 96.8 Å². The highest BCUT2D eigenvalue weighted by Gasteiger charge is 2.16. The van der Waals surface area contributed by atoms with Gasteiger partial charge in [0.1, 0.15) is 17.5 Å². The van der Waals surface area contributed by atoms with E-state index in [1.807, 2.05) is 0 Å². The number of rotatable bonds is 7. The summed E-state index contributed by atoms with van der Waals surface area (Å²) < 4.78 is 30.7. The van der Waals surface area contributed by atoms with Crippen molar-refractivity contribution < 1.29 is 13.6 Å². The lowest BCUT2D eigenvalue weighted by molar-refractivity contribution is -0.111. The summed E-state index contributed by atoms with van der Waals surface area (Å²) in [7, 11) is 1.71. The van der Waals surface area contributed by atoms with Crippen molar-refractivity contribution in [3.05, 3.63) is 82.7 Å². The molecule has 2 aromatic carbocycles. The van der Waals surface area contributed by atoms with Crippen molar-refractivity contribution >= 4 is 62.3 Å². The van der Waals surface area contributed by atoms with Crippen LogP contribution in [0.2, 0.25) is 5.15 Å². The van der Waals surface area contributed by atoms with Crippen molar-refractivity contribution in [3.8, 4) is 11.1 Å². The predicted molar refractivity (Wildman–Crippen MR) is 135 cm³/mol. The van der Waals surface area contributed by atoms with Crippen molar-refractivity contribution in [2.45, 2.75) is 0 Å². The van der Waals surface area contributed by atoms with Gasteiger partial charge >= 0.3 is 0 Å². The van der Waals surface area contributed by atoms with Crippen LogP contribution in [-0.2, 0) is 11.8 Å². The Morgan fingerprint density at radius 2 is 1.94 bits per heavy atom. The molecule has 0 saturated heterocycles. The second-order valence-electron chi connectivity index (χ2n) is 7.23. The van der Waals surface area contributed by atoms with Gasteiger partial charge in [-0.1, -0.05) is 24.2 Å². The van der Waals surface area contributed by atoms with Gasteiger partial charge in [-0.15, -0.1) is 0 Å². The number of hydrogen-bond acceptors (Lipinski definition) is 6. The normalized spacial score (nSPS) is 10.7. The summed E-state index contributed by atoms with van der Waals surface area (Å²) in [6.45, 7) is 3.40. The second-order valence-corrected chi connectivity index (χ2v) is 8.44. The first-order chi connectivity index (χ1) is 16.7. The van der Waals surface area contributed by atoms with E-state index in [-0.39, 0.29) is 27.1 Å². The van der Waals surface area contributed by atoms with Crippen molar-refractivity contribution in [3.63, 3.8) is 0 Å². The van der Waals surface area contributed by atoms with Crippen molar-refractivity contribution in [2.24, 2.45) is 7.05 Å². The third-order valence-corrected chi connectivity index (χ3v) is 5.64. The van der Waals surface area contributed by atoms with E-state index in [1.54, 1.807) is 25.4 Å². The monoisotopic (exact) mass is 559 g/mol. The summed E-state index contributed by atoms with van der Waals surface area (Å²) >= 11 is 9.24. The van der Waals surface area contributed by atoms with Crippen molar-refractivity contribution in [2.75, 3.05) is 16.0 Å². The van der Waals surface area contributed by atoms with Gasteiger partial charge in [0.15, 0.2) is 5.15 Å². The summed E-state index contributed by atoms with van der Waals surface area (Å²) in [6.07, 6.45) is 4.21. The molecule has 0 aliphatic heterocycles. The van der Waals surface area contributed by atoms with Crippen molar-refractivity contribution in [1.29, 1.82) is 0 Å². The highest BCUT2D eigenvalue weighted by atomic mass is 79.9. The maximum absolute atomic E-state index is 14.7. The number of benzene rings is 2. The Kier molecular flexibility index (Phi) is 7.08. The molecule has 0 unspecified atom stereocenters. The van der Waals surface area contributed by atoms with Gasteiger partial charge in [-0.25, -0.2) is 13.8 Å². The fourth-order valence-corrected chi connectivity index (χ4v) is 3.56. The number of hydrogen-bond donors (Lipinski definition) is 3. The molecule has 0 atom stereocenters. The van der Waals surface area contributed by atoms with Crippen LogP contribution in [0.4, 0.5) is 37.6 Å². The molecule has 4 rings (SSSR count). The van der Waals surface area contributed by atoms with E-state index in [1.165, 1.54) is 35.1 Å². The van der Waals surface area contributed by atoms with E-state index in [0.717, 1.165) is 6.08 Å². The zero-order chi connectivity index (χ0) is 25.1. The molecule has 1 amide bonds. The second kappa shape index (κ2) is 10.2. The van der Waals surface area contributed by atoms with E-state index in [0.29, 0.717) is 22.5 Å². The molecule has 2 heterocycles. The van der Waals surface area contributed by atoms with Gasteiger partial charge in [0, 0.05) is 30.7 Å². The fourth-order valence-electron chi connectivity index (χ4n) is 3.10. The molecule has 12 heteroatoms. The standard InChI is InChI=1S/C23H17BrClF2N7O/c1-3-20(35)29-13-5-7-16(26)18(9-13)30-22-14(12-4-6-15(24)17(27)8-12)10-28-23(32-22)31-19-11-34(2)33-21(19)25/h3-11H,1H2,2H3,(H,29,35)(H2,28,30,31,32). The quantitative estimate of drug-likeness (QED) is 0.234.